The number of hydrogen-bond donors (Lipinski definition) is 0. The van der Waals surface area contributed by atoms with Crippen molar-refractivity contribution in [2.45, 2.75) is 65.4 Å². The molecule has 8 heteroatoms. The van der Waals surface area contributed by atoms with Gasteiger partial charge in [0.25, 0.3) is 5.91 Å². The van der Waals surface area contributed by atoms with Crippen LogP contribution >= 0.6 is 0 Å². The van der Waals surface area contributed by atoms with E-state index in [-0.39, 0.29) is 24.2 Å². The third-order valence-corrected chi connectivity index (χ3v) is 5.01. The first-order chi connectivity index (χ1) is 15.1. The number of ether oxygens (including phenoxy) is 3. The Morgan fingerprint density at radius 2 is 1.91 bits per heavy atom. The number of fused-ring (bicyclic) bond motifs is 1. The highest BCUT2D eigenvalue weighted by Gasteiger charge is 2.45. The Morgan fingerprint density at radius 3 is 2.53 bits per heavy atom. The molecular formula is C24H29NO7. The molecule has 0 spiro atoms. The average Bonchev–Trinajstić information content (AvgIpc) is 3.16. The second kappa shape index (κ2) is 9.56. The van der Waals surface area contributed by atoms with Gasteiger partial charge in [-0.3, -0.25) is 4.79 Å². The maximum atomic E-state index is 13.4. The minimum Gasteiger partial charge on any atom is -0.467 e. The summed E-state index contributed by atoms with van der Waals surface area (Å²) < 4.78 is 22.1. The van der Waals surface area contributed by atoms with Crippen LogP contribution in [-0.2, 0) is 27.2 Å². The van der Waals surface area contributed by atoms with E-state index < -0.39 is 35.7 Å². The van der Waals surface area contributed by atoms with Crippen LogP contribution in [-0.4, -0.2) is 47.2 Å². The molecule has 8 nitrogen and oxygen atoms in total. The van der Waals surface area contributed by atoms with Crippen molar-refractivity contribution in [3.05, 3.63) is 59.0 Å². The van der Waals surface area contributed by atoms with Crippen LogP contribution in [0.15, 0.2) is 41.0 Å². The van der Waals surface area contributed by atoms with Gasteiger partial charge in [0.05, 0.1) is 30.9 Å². The van der Waals surface area contributed by atoms with E-state index >= 15 is 0 Å². The molecule has 2 aromatic rings. The van der Waals surface area contributed by atoms with Crippen molar-refractivity contribution in [3.8, 4) is 0 Å². The molecule has 1 aromatic heterocycles. The Kier molecular flexibility index (Phi) is 7.03. The molecule has 3 rings (SSSR count). The Hall–Kier alpha value is -3.13. The quantitative estimate of drug-likeness (QED) is 0.612. The van der Waals surface area contributed by atoms with Crippen molar-refractivity contribution >= 4 is 18.0 Å². The van der Waals surface area contributed by atoms with E-state index in [2.05, 4.69) is 0 Å². The number of hydrogen-bond acceptors (Lipinski definition) is 7. The number of furan rings is 1. The minimum atomic E-state index is -0.809. The minimum absolute atomic E-state index is 0.00304. The highest BCUT2D eigenvalue weighted by atomic mass is 16.6. The summed E-state index contributed by atoms with van der Waals surface area (Å²) in [6, 6.07) is 8.92. The summed E-state index contributed by atoms with van der Waals surface area (Å²) in [5, 5.41) is 0. The molecule has 0 N–H and O–H groups in total. The van der Waals surface area contributed by atoms with E-state index in [1.165, 1.54) is 6.26 Å². The van der Waals surface area contributed by atoms with Crippen molar-refractivity contribution in [3.63, 3.8) is 0 Å². The Morgan fingerprint density at radius 1 is 1.22 bits per heavy atom. The molecule has 172 valence electrons. The first-order valence-electron chi connectivity index (χ1n) is 10.6. The second-order valence-electron chi connectivity index (χ2n) is 8.60. The number of benzene rings is 1. The van der Waals surface area contributed by atoms with Gasteiger partial charge in [-0.1, -0.05) is 30.3 Å². The standard InChI is InChI=1S/C24H29NO7/c1-6-29-22(27)17-14-31-19-12-18(15(2)30-13-16-10-8-7-9-11-16)25(21(26)20(17)19)23(28)32-24(3,4)5/h7-11,14-15,18H,6,12-13H2,1-5H3/t15-,18?/m1/s1. The predicted octanol–water partition coefficient (Wildman–Crippen LogP) is 4.36. The number of rotatable bonds is 6. The maximum Gasteiger partial charge on any atom is 0.417 e. The summed E-state index contributed by atoms with van der Waals surface area (Å²) in [7, 11) is 0. The molecule has 0 saturated carbocycles. The third kappa shape index (κ3) is 5.19. The smallest absolute Gasteiger partial charge is 0.417 e. The normalized spacial score (nSPS) is 17.0. The summed E-state index contributed by atoms with van der Waals surface area (Å²) in [5.74, 6) is -1.03. The number of amides is 2. The topological polar surface area (TPSA) is 95.3 Å². The van der Waals surface area contributed by atoms with Gasteiger partial charge in [-0.05, 0) is 40.2 Å². The van der Waals surface area contributed by atoms with Crippen molar-refractivity contribution in [1.82, 2.24) is 4.90 Å². The zero-order valence-corrected chi connectivity index (χ0v) is 19.0. The number of carbonyl (C=O) groups excluding carboxylic acids is 3. The van der Waals surface area contributed by atoms with Crippen LogP contribution in [0.25, 0.3) is 0 Å². The highest BCUT2D eigenvalue weighted by molar-refractivity contribution is 6.11. The molecule has 32 heavy (non-hydrogen) atoms. The molecule has 2 atom stereocenters. The van der Waals surface area contributed by atoms with Gasteiger partial charge in [0.15, 0.2) is 0 Å². The molecule has 1 unspecified atom stereocenters. The second-order valence-corrected chi connectivity index (χ2v) is 8.60. The largest absolute Gasteiger partial charge is 0.467 e. The van der Waals surface area contributed by atoms with Crippen LogP contribution in [0.1, 0.15) is 66.7 Å². The van der Waals surface area contributed by atoms with E-state index in [9.17, 15) is 14.4 Å². The van der Waals surface area contributed by atoms with Crippen LogP contribution in [0.4, 0.5) is 4.79 Å². The summed E-state index contributed by atoms with van der Waals surface area (Å²) in [6.45, 7) is 9.08. The van der Waals surface area contributed by atoms with E-state index in [0.29, 0.717) is 12.4 Å². The maximum absolute atomic E-state index is 13.4. The molecule has 0 saturated heterocycles. The number of esters is 1. The van der Waals surface area contributed by atoms with Gasteiger partial charge >= 0.3 is 12.1 Å². The summed E-state index contributed by atoms with van der Waals surface area (Å²) in [4.78, 5) is 39.8. The Bertz CT molecular complexity index is 974. The SMILES string of the molecule is CCOC(=O)c1coc2c1C(=O)N(C(=O)OC(C)(C)C)C([C@@H](C)OCc1ccccc1)C2. The first kappa shape index (κ1) is 23.5. The molecular weight excluding hydrogens is 414 g/mol. The molecule has 1 aromatic carbocycles. The van der Waals surface area contributed by atoms with Gasteiger partial charge in [-0.2, -0.15) is 0 Å². The van der Waals surface area contributed by atoms with Crippen molar-refractivity contribution in [2.24, 2.45) is 0 Å². The van der Waals surface area contributed by atoms with E-state index in [0.717, 1.165) is 10.5 Å². The number of nitrogens with zero attached hydrogens (tertiary/aromatic N) is 1. The Balaban J connectivity index is 1.91. The fourth-order valence-electron chi connectivity index (χ4n) is 3.51. The lowest BCUT2D eigenvalue weighted by Crippen LogP contribution is -2.55. The van der Waals surface area contributed by atoms with Crippen LogP contribution in [0, 0.1) is 0 Å². The van der Waals surface area contributed by atoms with E-state index in [1.807, 2.05) is 30.3 Å². The van der Waals surface area contributed by atoms with Gasteiger partial charge in [0.2, 0.25) is 0 Å². The predicted molar refractivity (Wildman–Crippen MR) is 115 cm³/mol. The third-order valence-electron chi connectivity index (χ3n) is 5.01. The summed E-state index contributed by atoms with van der Waals surface area (Å²) in [6.07, 6.45) is 0.0711. The van der Waals surface area contributed by atoms with E-state index in [4.69, 9.17) is 18.6 Å². The molecule has 2 amide bonds. The van der Waals surface area contributed by atoms with Crippen LogP contribution in [0.5, 0.6) is 0 Å². The molecule has 0 bridgehead atoms. The lowest BCUT2D eigenvalue weighted by atomic mass is 9.94. The first-order valence-corrected chi connectivity index (χ1v) is 10.6. The van der Waals surface area contributed by atoms with Crippen molar-refractivity contribution < 1.29 is 33.0 Å². The van der Waals surface area contributed by atoms with Gasteiger partial charge < -0.3 is 18.6 Å². The molecule has 1 aliphatic heterocycles. The lowest BCUT2D eigenvalue weighted by Gasteiger charge is -2.37. The number of imide groups is 1. The highest BCUT2D eigenvalue weighted by Crippen LogP contribution is 2.32. The zero-order valence-electron chi connectivity index (χ0n) is 19.0. The average molecular weight is 443 g/mol. The number of carbonyl (C=O) groups is 3. The van der Waals surface area contributed by atoms with Crippen LogP contribution < -0.4 is 0 Å². The van der Waals surface area contributed by atoms with Crippen molar-refractivity contribution in [2.75, 3.05) is 6.61 Å². The molecule has 0 radical (unpaired) electrons. The van der Waals surface area contributed by atoms with Gasteiger partial charge in [0.1, 0.15) is 23.2 Å². The fraction of sp³-hybridized carbons (Fsp3) is 0.458. The molecule has 1 aliphatic rings. The Labute approximate surface area is 187 Å². The van der Waals surface area contributed by atoms with Gasteiger partial charge in [-0.15, -0.1) is 0 Å². The van der Waals surface area contributed by atoms with Crippen LogP contribution in [0.3, 0.4) is 0 Å². The lowest BCUT2D eigenvalue weighted by molar-refractivity contribution is -0.0277. The van der Waals surface area contributed by atoms with Crippen molar-refractivity contribution in [1.29, 1.82) is 0 Å². The van der Waals surface area contributed by atoms with Gasteiger partial charge in [0, 0.05) is 6.42 Å². The molecule has 0 aliphatic carbocycles. The van der Waals surface area contributed by atoms with Gasteiger partial charge in [-0.25, -0.2) is 14.5 Å². The zero-order chi connectivity index (χ0) is 23.5. The van der Waals surface area contributed by atoms with Crippen LogP contribution in [0.2, 0.25) is 0 Å². The van der Waals surface area contributed by atoms with E-state index in [1.54, 1.807) is 34.6 Å². The summed E-state index contributed by atoms with van der Waals surface area (Å²) >= 11 is 0. The fourth-order valence-corrected chi connectivity index (χ4v) is 3.51. The molecule has 0 fully saturated rings. The monoisotopic (exact) mass is 443 g/mol. The molecule has 2 heterocycles. The summed E-state index contributed by atoms with van der Waals surface area (Å²) in [5.41, 5.74) is 0.183.